The summed E-state index contributed by atoms with van der Waals surface area (Å²) in [6, 6.07) is 0. The largest absolute Gasteiger partial charge is 0.303 e. The summed E-state index contributed by atoms with van der Waals surface area (Å²) in [4.78, 5) is 10.1. The lowest BCUT2D eigenvalue weighted by Crippen LogP contribution is -1.77. The SMILES string of the molecule is CCCC\C=C/C=C/C=C\CCCCCC=O. The second-order valence-electron chi connectivity index (χ2n) is 4.19. The number of hydrogen-bond acceptors (Lipinski definition) is 1. The van der Waals surface area contributed by atoms with Gasteiger partial charge in [0.15, 0.2) is 0 Å². The molecular weight excluding hydrogens is 208 g/mol. The van der Waals surface area contributed by atoms with E-state index in [2.05, 4.69) is 43.4 Å². The molecule has 0 spiro atoms. The summed E-state index contributed by atoms with van der Waals surface area (Å²) in [5.74, 6) is 0. The van der Waals surface area contributed by atoms with Gasteiger partial charge in [0, 0.05) is 6.42 Å². The van der Waals surface area contributed by atoms with Gasteiger partial charge in [0.2, 0.25) is 0 Å². The highest BCUT2D eigenvalue weighted by molar-refractivity contribution is 5.48. The van der Waals surface area contributed by atoms with Crippen molar-refractivity contribution < 1.29 is 4.79 Å². The zero-order valence-electron chi connectivity index (χ0n) is 11.1. The van der Waals surface area contributed by atoms with E-state index >= 15 is 0 Å². The fraction of sp³-hybridized carbons (Fsp3) is 0.562. The summed E-state index contributed by atoms with van der Waals surface area (Å²) >= 11 is 0. The van der Waals surface area contributed by atoms with Gasteiger partial charge in [0.25, 0.3) is 0 Å². The molecule has 0 fully saturated rings. The van der Waals surface area contributed by atoms with Crippen LogP contribution in [0.25, 0.3) is 0 Å². The molecule has 0 aromatic heterocycles. The maximum Gasteiger partial charge on any atom is 0.119 e. The van der Waals surface area contributed by atoms with Crippen molar-refractivity contribution in [1.29, 1.82) is 0 Å². The van der Waals surface area contributed by atoms with Crippen LogP contribution in [-0.4, -0.2) is 6.29 Å². The lowest BCUT2D eigenvalue weighted by Gasteiger charge is -1.92. The van der Waals surface area contributed by atoms with E-state index < -0.39 is 0 Å². The van der Waals surface area contributed by atoms with Crippen molar-refractivity contribution >= 4 is 6.29 Å². The Hall–Kier alpha value is -1.11. The van der Waals surface area contributed by atoms with Crippen molar-refractivity contribution in [3.8, 4) is 0 Å². The van der Waals surface area contributed by atoms with Crippen molar-refractivity contribution in [3.05, 3.63) is 36.5 Å². The molecule has 0 saturated carbocycles. The first-order chi connectivity index (χ1) is 8.41. The van der Waals surface area contributed by atoms with E-state index in [1.807, 2.05) is 0 Å². The van der Waals surface area contributed by atoms with Gasteiger partial charge in [-0.2, -0.15) is 0 Å². The molecule has 0 aliphatic rings. The second kappa shape index (κ2) is 14.9. The standard InChI is InChI=1S/C16H26O/c1-2-3-4-5-6-7-8-9-10-11-12-13-14-15-16-17/h5-10,16H,2-4,11-15H2,1H3/b6-5-,8-7+,10-9-. The van der Waals surface area contributed by atoms with Crippen LogP contribution in [-0.2, 0) is 4.79 Å². The van der Waals surface area contributed by atoms with Crippen LogP contribution in [0.3, 0.4) is 0 Å². The average molecular weight is 234 g/mol. The predicted molar refractivity (Wildman–Crippen MR) is 76.1 cm³/mol. The molecule has 17 heavy (non-hydrogen) atoms. The molecule has 0 aliphatic heterocycles. The van der Waals surface area contributed by atoms with Gasteiger partial charge in [-0.05, 0) is 25.7 Å². The Morgan fingerprint density at radius 1 is 0.706 bits per heavy atom. The van der Waals surface area contributed by atoms with Gasteiger partial charge >= 0.3 is 0 Å². The minimum atomic E-state index is 0.714. The normalized spacial score (nSPS) is 12.1. The van der Waals surface area contributed by atoms with Gasteiger partial charge in [-0.15, -0.1) is 0 Å². The molecule has 0 saturated heterocycles. The number of hydrogen-bond donors (Lipinski definition) is 0. The molecule has 0 N–H and O–H groups in total. The number of aldehydes is 1. The summed E-state index contributed by atoms with van der Waals surface area (Å²) in [6.07, 6.45) is 22.7. The van der Waals surface area contributed by atoms with Gasteiger partial charge in [-0.25, -0.2) is 0 Å². The van der Waals surface area contributed by atoms with E-state index in [1.165, 1.54) is 25.7 Å². The van der Waals surface area contributed by atoms with E-state index in [4.69, 9.17) is 0 Å². The lowest BCUT2D eigenvalue weighted by molar-refractivity contribution is -0.107. The van der Waals surface area contributed by atoms with Crippen molar-refractivity contribution in [3.63, 3.8) is 0 Å². The topological polar surface area (TPSA) is 17.1 Å². The van der Waals surface area contributed by atoms with Crippen LogP contribution < -0.4 is 0 Å². The fourth-order valence-corrected chi connectivity index (χ4v) is 1.47. The van der Waals surface area contributed by atoms with Crippen LogP contribution in [0, 0.1) is 0 Å². The van der Waals surface area contributed by atoms with Gasteiger partial charge in [-0.1, -0.05) is 62.6 Å². The van der Waals surface area contributed by atoms with Crippen LogP contribution in [0.15, 0.2) is 36.5 Å². The first kappa shape index (κ1) is 15.9. The maximum atomic E-state index is 10.1. The summed E-state index contributed by atoms with van der Waals surface area (Å²) in [6.45, 7) is 2.21. The zero-order valence-corrected chi connectivity index (χ0v) is 11.1. The molecule has 1 heteroatoms. The quantitative estimate of drug-likeness (QED) is 0.279. The second-order valence-corrected chi connectivity index (χ2v) is 4.19. The van der Waals surface area contributed by atoms with Crippen molar-refractivity contribution in [1.82, 2.24) is 0 Å². The Morgan fingerprint density at radius 3 is 1.88 bits per heavy atom. The minimum Gasteiger partial charge on any atom is -0.303 e. The molecule has 96 valence electrons. The Kier molecular flexibility index (Phi) is 13.9. The molecule has 0 aromatic carbocycles. The van der Waals surface area contributed by atoms with Gasteiger partial charge in [-0.3, -0.25) is 0 Å². The molecule has 0 unspecified atom stereocenters. The van der Waals surface area contributed by atoms with Crippen molar-refractivity contribution in [2.24, 2.45) is 0 Å². The summed E-state index contributed by atoms with van der Waals surface area (Å²) in [5.41, 5.74) is 0. The van der Waals surface area contributed by atoms with Crippen LogP contribution in [0.5, 0.6) is 0 Å². The minimum absolute atomic E-state index is 0.714. The highest BCUT2D eigenvalue weighted by Crippen LogP contribution is 2.02. The van der Waals surface area contributed by atoms with E-state index in [0.29, 0.717) is 6.42 Å². The monoisotopic (exact) mass is 234 g/mol. The third-order valence-electron chi connectivity index (χ3n) is 2.52. The number of carbonyl (C=O) groups excluding carboxylic acids is 1. The number of allylic oxidation sites excluding steroid dienone is 6. The van der Waals surface area contributed by atoms with E-state index in [9.17, 15) is 4.79 Å². The molecule has 0 aromatic rings. The van der Waals surface area contributed by atoms with Crippen LogP contribution >= 0.6 is 0 Å². The first-order valence-electron chi connectivity index (χ1n) is 6.83. The molecule has 0 rings (SSSR count). The van der Waals surface area contributed by atoms with Crippen LogP contribution in [0.1, 0.15) is 58.3 Å². The lowest BCUT2D eigenvalue weighted by atomic mass is 10.1. The van der Waals surface area contributed by atoms with Crippen LogP contribution in [0.4, 0.5) is 0 Å². The van der Waals surface area contributed by atoms with Gasteiger partial charge < -0.3 is 4.79 Å². The highest BCUT2D eigenvalue weighted by Gasteiger charge is 1.85. The van der Waals surface area contributed by atoms with E-state index in [1.54, 1.807) is 0 Å². The Labute approximate surface area is 106 Å². The summed E-state index contributed by atoms with van der Waals surface area (Å²) in [7, 11) is 0. The third-order valence-corrected chi connectivity index (χ3v) is 2.52. The van der Waals surface area contributed by atoms with Crippen molar-refractivity contribution in [2.45, 2.75) is 58.3 Å². The zero-order chi connectivity index (χ0) is 12.6. The molecule has 0 radical (unpaired) electrons. The number of carbonyl (C=O) groups is 1. The molecular formula is C16H26O. The molecule has 0 atom stereocenters. The Balaban J connectivity index is 3.31. The van der Waals surface area contributed by atoms with Crippen molar-refractivity contribution in [2.75, 3.05) is 0 Å². The van der Waals surface area contributed by atoms with Gasteiger partial charge in [0.05, 0.1) is 0 Å². The predicted octanol–water partition coefficient (Wildman–Crippen LogP) is 4.99. The molecule has 0 aliphatic carbocycles. The molecule has 0 bridgehead atoms. The highest BCUT2D eigenvalue weighted by atomic mass is 16.1. The Bertz CT molecular complexity index is 236. The third kappa shape index (κ3) is 14.9. The number of rotatable bonds is 11. The number of unbranched alkanes of at least 4 members (excludes halogenated alkanes) is 6. The fourth-order valence-electron chi connectivity index (χ4n) is 1.47. The molecule has 0 amide bonds. The smallest absolute Gasteiger partial charge is 0.119 e. The first-order valence-corrected chi connectivity index (χ1v) is 6.83. The average Bonchev–Trinajstić information content (AvgIpc) is 2.35. The molecule has 0 heterocycles. The Morgan fingerprint density at radius 2 is 1.29 bits per heavy atom. The maximum absolute atomic E-state index is 10.1. The van der Waals surface area contributed by atoms with E-state index in [-0.39, 0.29) is 0 Å². The summed E-state index contributed by atoms with van der Waals surface area (Å²) in [5, 5.41) is 0. The molecule has 1 nitrogen and oxygen atoms in total. The van der Waals surface area contributed by atoms with Gasteiger partial charge in [0.1, 0.15) is 6.29 Å². The summed E-state index contributed by atoms with van der Waals surface area (Å²) < 4.78 is 0. The van der Waals surface area contributed by atoms with Crippen LogP contribution in [0.2, 0.25) is 0 Å². The van der Waals surface area contributed by atoms with E-state index in [0.717, 1.165) is 25.5 Å².